The van der Waals surface area contributed by atoms with Crippen LogP contribution in [0.15, 0.2) is 54.7 Å². The number of rotatable bonds is 5. The third-order valence-electron chi connectivity index (χ3n) is 4.52. The number of para-hydroxylation sites is 1. The Morgan fingerprint density at radius 2 is 1.56 bits per heavy atom. The molecule has 0 radical (unpaired) electrons. The van der Waals surface area contributed by atoms with Crippen LogP contribution in [0.3, 0.4) is 0 Å². The van der Waals surface area contributed by atoms with Crippen molar-refractivity contribution in [3.05, 3.63) is 77.4 Å². The highest BCUT2D eigenvalue weighted by Crippen LogP contribution is 2.32. The van der Waals surface area contributed by atoms with E-state index >= 15 is 0 Å². The second kappa shape index (κ2) is 7.74. The number of carbonyl (C=O) groups excluding carboxylic acids is 1. The van der Waals surface area contributed by atoms with Crippen LogP contribution in [0.1, 0.15) is 61.1 Å². The lowest BCUT2D eigenvalue weighted by molar-refractivity contribution is 0.102. The fourth-order valence-electron chi connectivity index (χ4n) is 3.06. The minimum Gasteiger partial charge on any atom is -0.320 e. The quantitative estimate of drug-likeness (QED) is 0.648. The SMILES string of the molecule is CC(C)c1cccc(C(C)C)c1NC(=O)c1ccn(-c2ccc(F)cc2)n1. The topological polar surface area (TPSA) is 46.9 Å². The van der Waals surface area contributed by atoms with Crippen LogP contribution >= 0.6 is 0 Å². The Balaban J connectivity index is 1.89. The van der Waals surface area contributed by atoms with Crippen molar-refractivity contribution in [3.8, 4) is 5.69 Å². The Morgan fingerprint density at radius 3 is 2.11 bits per heavy atom. The predicted octanol–water partition coefficient (Wildman–Crippen LogP) is 5.51. The van der Waals surface area contributed by atoms with Gasteiger partial charge in [-0.25, -0.2) is 9.07 Å². The summed E-state index contributed by atoms with van der Waals surface area (Å²) in [6.07, 6.45) is 1.69. The number of hydrogen-bond donors (Lipinski definition) is 1. The third kappa shape index (κ3) is 4.08. The first-order valence-corrected chi connectivity index (χ1v) is 9.12. The van der Waals surface area contributed by atoms with Crippen LogP contribution in [0.25, 0.3) is 5.69 Å². The lowest BCUT2D eigenvalue weighted by Crippen LogP contribution is -2.16. The van der Waals surface area contributed by atoms with Crippen LogP contribution in [0.2, 0.25) is 0 Å². The normalized spacial score (nSPS) is 11.2. The summed E-state index contributed by atoms with van der Waals surface area (Å²) in [5.74, 6) is 0.00721. The van der Waals surface area contributed by atoms with E-state index in [1.54, 1.807) is 29.1 Å². The Hall–Kier alpha value is -2.95. The summed E-state index contributed by atoms with van der Waals surface area (Å²) in [4.78, 5) is 12.8. The smallest absolute Gasteiger partial charge is 0.276 e. The molecular weight excluding hydrogens is 341 g/mol. The van der Waals surface area contributed by atoms with Crippen molar-refractivity contribution in [2.45, 2.75) is 39.5 Å². The van der Waals surface area contributed by atoms with Crippen LogP contribution in [-0.4, -0.2) is 15.7 Å². The van der Waals surface area contributed by atoms with Gasteiger partial charge in [-0.05, 0) is 53.3 Å². The van der Waals surface area contributed by atoms with Gasteiger partial charge in [0.05, 0.1) is 5.69 Å². The van der Waals surface area contributed by atoms with Crippen molar-refractivity contribution in [1.29, 1.82) is 0 Å². The maximum atomic E-state index is 13.1. The summed E-state index contributed by atoms with van der Waals surface area (Å²) >= 11 is 0. The van der Waals surface area contributed by atoms with Gasteiger partial charge in [0.1, 0.15) is 5.82 Å². The minimum absolute atomic E-state index is 0.258. The average molecular weight is 365 g/mol. The van der Waals surface area contributed by atoms with Gasteiger partial charge in [-0.1, -0.05) is 45.9 Å². The summed E-state index contributed by atoms with van der Waals surface area (Å²) in [6, 6.07) is 13.8. The number of nitrogens with one attached hydrogen (secondary N) is 1. The van der Waals surface area contributed by atoms with E-state index in [1.807, 2.05) is 18.2 Å². The first-order chi connectivity index (χ1) is 12.9. The molecule has 1 amide bonds. The van der Waals surface area contributed by atoms with Gasteiger partial charge < -0.3 is 5.32 Å². The zero-order chi connectivity index (χ0) is 19.6. The highest BCUT2D eigenvalue weighted by molar-refractivity contribution is 6.03. The molecule has 0 unspecified atom stereocenters. The summed E-state index contributed by atoms with van der Waals surface area (Å²) in [5.41, 5.74) is 4.08. The van der Waals surface area contributed by atoms with Crippen molar-refractivity contribution in [2.75, 3.05) is 5.32 Å². The highest BCUT2D eigenvalue weighted by Gasteiger charge is 2.18. The molecule has 5 heteroatoms. The highest BCUT2D eigenvalue weighted by atomic mass is 19.1. The molecule has 0 atom stereocenters. The molecule has 0 fully saturated rings. The van der Waals surface area contributed by atoms with E-state index in [0.717, 1.165) is 16.8 Å². The van der Waals surface area contributed by atoms with Gasteiger partial charge in [0.25, 0.3) is 5.91 Å². The number of nitrogens with zero attached hydrogens (tertiary/aromatic N) is 2. The molecule has 1 aromatic heterocycles. The molecule has 0 saturated carbocycles. The Bertz CT molecular complexity index is 916. The number of carbonyl (C=O) groups is 1. The van der Waals surface area contributed by atoms with Gasteiger partial charge in [0, 0.05) is 11.9 Å². The minimum atomic E-state index is -0.310. The number of amides is 1. The molecule has 2 aromatic carbocycles. The number of hydrogen-bond acceptors (Lipinski definition) is 2. The molecule has 0 aliphatic carbocycles. The zero-order valence-corrected chi connectivity index (χ0v) is 16.0. The molecule has 0 saturated heterocycles. The van der Waals surface area contributed by atoms with Gasteiger partial charge in [0.2, 0.25) is 0 Å². The van der Waals surface area contributed by atoms with E-state index in [0.29, 0.717) is 11.4 Å². The first-order valence-electron chi connectivity index (χ1n) is 9.12. The van der Waals surface area contributed by atoms with Crippen LogP contribution < -0.4 is 5.32 Å². The van der Waals surface area contributed by atoms with E-state index in [1.165, 1.54) is 12.1 Å². The fraction of sp³-hybridized carbons (Fsp3) is 0.273. The van der Waals surface area contributed by atoms with E-state index in [2.05, 4.69) is 38.1 Å². The van der Waals surface area contributed by atoms with Gasteiger partial charge in [-0.15, -0.1) is 0 Å². The number of aromatic nitrogens is 2. The Labute approximate surface area is 159 Å². The predicted molar refractivity (Wildman–Crippen MR) is 106 cm³/mol. The van der Waals surface area contributed by atoms with E-state index in [9.17, 15) is 9.18 Å². The van der Waals surface area contributed by atoms with Crippen molar-refractivity contribution >= 4 is 11.6 Å². The van der Waals surface area contributed by atoms with Crippen LogP contribution in [-0.2, 0) is 0 Å². The van der Waals surface area contributed by atoms with Gasteiger partial charge in [-0.3, -0.25) is 4.79 Å². The molecule has 27 heavy (non-hydrogen) atoms. The molecule has 0 bridgehead atoms. The molecule has 3 aromatic rings. The second-order valence-corrected chi connectivity index (χ2v) is 7.20. The summed E-state index contributed by atoms with van der Waals surface area (Å²) in [6.45, 7) is 8.44. The van der Waals surface area contributed by atoms with E-state index < -0.39 is 0 Å². The van der Waals surface area contributed by atoms with Crippen molar-refractivity contribution < 1.29 is 9.18 Å². The molecule has 140 valence electrons. The van der Waals surface area contributed by atoms with Crippen LogP contribution in [0.4, 0.5) is 10.1 Å². The second-order valence-electron chi connectivity index (χ2n) is 7.20. The van der Waals surface area contributed by atoms with Gasteiger partial charge >= 0.3 is 0 Å². The average Bonchev–Trinajstić information content (AvgIpc) is 3.12. The Kier molecular flexibility index (Phi) is 5.40. The molecule has 4 nitrogen and oxygen atoms in total. The van der Waals surface area contributed by atoms with Crippen molar-refractivity contribution in [2.24, 2.45) is 0 Å². The molecule has 0 aliphatic heterocycles. The zero-order valence-electron chi connectivity index (χ0n) is 16.0. The summed E-state index contributed by atoms with van der Waals surface area (Å²) in [5, 5.41) is 7.39. The fourth-order valence-corrected chi connectivity index (χ4v) is 3.06. The molecular formula is C22H24FN3O. The Morgan fingerprint density at radius 1 is 0.963 bits per heavy atom. The van der Waals surface area contributed by atoms with E-state index in [4.69, 9.17) is 0 Å². The number of benzene rings is 2. The van der Waals surface area contributed by atoms with E-state index in [-0.39, 0.29) is 23.6 Å². The molecule has 3 rings (SSSR count). The standard InChI is InChI=1S/C22H24FN3O/c1-14(2)18-6-5-7-19(15(3)4)21(18)24-22(27)20-12-13-26(25-20)17-10-8-16(23)9-11-17/h5-15H,1-4H3,(H,24,27). The van der Waals surface area contributed by atoms with Crippen LogP contribution in [0, 0.1) is 5.82 Å². The lowest BCUT2D eigenvalue weighted by Gasteiger charge is -2.19. The number of anilines is 1. The van der Waals surface area contributed by atoms with Crippen molar-refractivity contribution in [3.63, 3.8) is 0 Å². The first kappa shape index (κ1) is 18.8. The molecule has 1 heterocycles. The summed E-state index contributed by atoms with van der Waals surface area (Å²) < 4.78 is 14.7. The maximum Gasteiger partial charge on any atom is 0.276 e. The molecule has 0 aliphatic rings. The third-order valence-corrected chi connectivity index (χ3v) is 4.52. The molecule has 0 spiro atoms. The summed E-state index contributed by atoms with van der Waals surface area (Å²) in [7, 11) is 0. The largest absolute Gasteiger partial charge is 0.320 e. The molecule has 1 N–H and O–H groups in total. The lowest BCUT2D eigenvalue weighted by atomic mass is 9.92. The number of halogens is 1. The maximum absolute atomic E-state index is 13.1. The van der Waals surface area contributed by atoms with Gasteiger partial charge in [0.15, 0.2) is 5.69 Å². The van der Waals surface area contributed by atoms with Gasteiger partial charge in [-0.2, -0.15) is 5.10 Å². The van der Waals surface area contributed by atoms with Crippen LogP contribution in [0.5, 0.6) is 0 Å². The monoisotopic (exact) mass is 365 g/mol. The van der Waals surface area contributed by atoms with Crippen molar-refractivity contribution in [1.82, 2.24) is 9.78 Å².